The lowest BCUT2D eigenvalue weighted by atomic mass is 10.2. The highest BCUT2D eigenvalue weighted by atomic mass is 14.8. The maximum absolute atomic E-state index is 4.20. The molecule has 0 saturated carbocycles. The van der Waals surface area contributed by atoms with Gasteiger partial charge < -0.3 is 5.32 Å². The zero-order chi connectivity index (χ0) is 8.81. The number of nitrogens with one attached hydrogen (secondary N) is 1. The van der Waals surface area contributed by atoms with Gasteiger partial charge >= 0.3 is 0 Å². The van der Waals surface area contributed by atoms with Gasteiger partial charge in [-0.2, -0.15) is 0 Å². The van der Waals surface area contributed by atoms with E-state index in [0.717, 1.165) is 12.2 Å². The van der Waals surface area contributed by atoms with Crippen LogP contribution in [0.4, 0.5) is 0 Å². The summed E-state index contributed by atoms with van der Waals surface area (Å²) in [7, 11) is 1.94. The Hall–Kier alpha value is -1.15. The summed E-state index contributed by atoms with van der Waals surface area (Å²) in [4.78, 5) is 4.20. The molecule has 2 heteroatoms. The van der Waals surface area contributed by atoms with Gasteiger partial charge in [-0.15, -0.1) is 0 Å². The van der Waals surface area contributed by atoms with Crippen molar-refractivity contribution in [2.75, 3.05) is 13.6 Å². The van der Waals surface area contributed by atoms with Crippen LogP contribution in [0.1, 0.15) is 12.6 Å². The molecule has 0 aliphatic heterocycles. The maximum atomic E-state index is 4.20. The van der Waals surface area contributed by atoms with Crippen LogP contribution in [-0.4, -0.2) is 18.6 Å². The highest BCUT2D eigenvalue weighted by molar-refractivity contribution is 5.48. The van der Waals surface area contributed by atoms with Crippen LogP contribution in [0.15, 0.2) is 30.0 Å². The molecule has 0 aliphatic carbocycles. The van der Waals surface area contributed by atoms with Crippen molar-refractivity contribution in [3.05, 3.63) is 35.7 Å². The minimum absolute atomic E-state index is 0.913. The number of hydrogen-bond acceptors (Lipinski definition) is 2. The highest BCUT2D eigenvalue weighted by Gasteiger charge is 1.88. The van der Waals surface area contributed by atoms with E-state index in [0.29, 0.717) is 0 Å². The third-order valence-electron chi connectivity index (χ3n) is 1.54. The molecule has 1 rings (SSSR count). The number of pyridine rings is 1. The van der Waals surface area contributed by atoms with Gasteiger partial charge in [-0.3, -0.25) is 4.98 Å². The van der Waals surface area contributed by atoms with Crippen molar-refractivity contribution in [1.29, 1.82) is 0 Å². The molecule has 0 radical (unpaired) electrons. The molecule has 0 bridgehead atoms. The molecule has 1 aromatic heterocycles. The molecule has 0 saturated heterocycles. The van der Waals surface area contributed by atoms with E-state index in [9.17, 15) is 0 Å². The van der Waals surface area contributed by atoms with E-state index >= 15 is 0 Å². The quantitative estimate of drug-likeness (QED) is 0.731. The van der Waals surface area contributed by atoms with Gasteiger partial charge in [0.2, 0.25) is 0 Å². The molecular weight excluding hydrogens is 148 g/mol. The standard InChI is InChI=1S/C10H14N2/c1-9(8-11-2)7-10-5-3-4-6-12-10/h3-7,11H,8H2,1-2H3. The van der Waals surface area contributed by atoms with Crippen molar-refractivity contribution in [3.8, 4) is 0 Å². The first kappa shape index (κ1) is 8.94. The average Bonchev–Trinajstić information content (AvgIpc) is 2.06. The van der Waals surface area contributed by atoms with Crippen LogP contribution < -0.4 is 5.32 Å². The van der Waals surface area contributed by atoms with Crippen molar-refractivity contribution in [3.63, 3.8) is 0 Å². The first-order valence-electron chi connectivity index (χ1n) is 4.05. The van der Waals surface area contributed by atoms with Crippen LogP contribution in [0.25, 0.3) is 6.08 Å². The Kier molecular flexibility index (Phi) is 3.48. The Bertz CT molecular complexity index is 252. The normalized spacial score (nSPS) is 11.7. The molecule has 1 aromatic rings. The van der Waals surface area contributed by atoms with Crippen molar-refractivity contribution in [2.45, 2.75) is 6.92 Å². The van der Waals surface area contributed by atoms with E-state index in [-0.39, 0.29) is 0 Å². The second-order valence-electron chi connectivity index (χ2n) is 2.78. The van der Waals surface area contributed by atoms with Crippen LogP contribution in [0.3, 0.4) is 0 Å². The lowest BCUT2D eigenvalue weighted by molar-refractivity contribution is 0.884. The Balaban J connectivity index is 2.67. The van der Waals surface area contributed by atoms with Gasteiger partial charge in [-0.1, -0.05) is 11.6 Å². The summed E-state index contributed by atoms with van der Waals surface area (Å²) < 4.78 is 0. The third kappa shape index (κ3) is 2.84. The molecule has 0 aromatic carbocycles. The van der Waals surface area contributed by atoms with Crippen molar-refractivity contribution in [2.24, 2.45) is 0 Å². The summed E-state index contributed by atoms with van der Waals surface area (Å²) in [6, 6.07) is 5.91. The summed E-state index contributed by atoms with van der Waals surface area (Å²) >= 11 is 0. The van der Waals surface area contributed by atoms with Gasteiger partial charge in [0.15, 0.2) is 0 Å². The van der Waals surface area contributed by atoms with Gasteiger partial charge in [-0.25, -0.2) is 0 Å². The molecule has 1 N–H and O–H groups in total. The van der Waals surface area contributed by atoms with Gasteiger partial charge in [0, 0.05) is 12.7 Å². The SMILES string of the molecule is CNCC(C)=Cc1ccccn1. The fourth-order valence-corrected chi connectivity index (χ4v) is 1.04. The van der Waals surface area contributed by atoms with E-state index < -0.39 is 0 Å². The fourth-order valence-electron chi connectivity index (χ4n) is 1.04. The van der Waals surface area contributed by atoms with Crippen LogP contribution in [-0.2, 0) is 0 Å². The Morgan fingerprint density at radius 2 is 2.42 bits per heavy atom. The van der Waals surface area contributed by atoms with Gasteiger partial charge in [0.05, 0.1) is 5.69 Å². The summed E-state index contributed by atoms with van der Waals surface area (Å²) in [6.07, 6.45) is 3.88. The molecule has 2 nitrogen and oxygen atoms in total. The maximum Gasteiger partial charge on any atom is 0.0629 e. The minimum atomic E-state index is 0.913. The number of hydrogen-bond donors (Lipinski definition) is 1. The molecule has 1 heterocycles. The summed E-state index contributed by atoms with van der Waals surface area (Å²) in [6.45, 7) is 3.00. The monoisotopic (exact) mass is 162 g/mol. The molecule has 0 unspecified atom stereocenters. The summed E-state index contributed by atoms with van der Waals surface area (Å²) in [5.41, 5.74) is 2.31. The summed E-state index contributed by atoms with van der Waals surface area (Å²) in [5.74, 6) is 0. The molecule has 0 fully saturated rings. The van der Waals surface area contributed by atoms with E-state index in [1.807, 2.05) is 25.2 Å². The first-order valence-corrected chi connectivity index (χ1v) is 4.05. The average molecular weight is 162 g/mol. The fraction of sp³-hybridized carbons (Fsp3) is 0.300. The highest BCUT2D eigenvalue weighted by Crippen LogP contribution is 2.01. The number of likely N-dealkylation sites (N-methyl/N-ethyl adjacent to an activating group) is 1. The van der Waals surface area contributed by atoms with Crippen molar-refractivity contribution in [1.82, 2.24) is 10.3 Å². The zero-order valence-electron chi connectivity index (χ0n) is 7.54. The van der Waals surface area contributed by atoms with Crippen molar-refractivity contribution < 1.29 is 0 Å². The minimum Gasteiger partial charge on any atom is -0.316 e. The molecule has 0 amide bonds. The Labute approximate surface area is 73.3 Å². The van der Waals surface area contributed by atoms with Crippen LogP contribution in [0, 0.1) is 0 Å². The van der Waals surface area contributed by atoms with Gasteiger partial charge in [0.1, 0.15) is 0 Å². The molecule has 0 aliphatic rings. The second kappa shape index (κ2) is 4.67. The zero-order valence-corrected chi connectivity index (χ0v) is 7.54. The molecule has 12 heavy (non-hydrogen) atoms. The predicted octanol–water partition coefficient (Wildman–Crippen LogP) is 1.70. The summed E-state index contributed by atoms with van der Waals surface area (Å²) in [5, 5.41) is 3.09. The second-order valence-corrected chi connectivity index (χ2v) is 2.78. The van der Waals surface area contributed by atoms with Gasteiger partial charge in [-0.05, 0) is 32.2 Å². The van der Waals surface area contributed by atoms with E-state index in [2.05, 4.69) is 23.3 Å². The van der Waals surface area contributed by atoms with Gasteiger partial charge in [0.25, 0.3) is 0 Å². The lowest BCUT2D eigenvalue weighted by Gasteiger charge is -1.98. The Morgan fingerprint density at radius 3 is 3.00 bits per heavy atom. The topological polar surface area (TPSA) is 24.9 Å². The molecular formula is C10H14N2. The van der Waals surface area contributed by atoms with E-state index in [1.165, 1.54) is 5.57 Å². The van der Waals surface area contributed by atoms with E-state index in [4.69, 9.17) is 0 Å². The predicted molar refractivity (Wildman–Crippen MR) is 51.8 cm³/mol. The Morgan fingerprint density at radius 1 is 1.58 bits per heavy atom. The lowest BCUT2D eigenvalue weighted by Crippen LogP contribution is -2.08. The number of nitrogens with zero attached hydrogens (tertiary/aromatic N) is 1. The molecule has 0 spiro atoms. The largest absolute Gasteiger partial charge is 0.316 e. The number of rotatable bonds is 3. The van der Waals surface area contributed by atoms with E-state index in [1.54, 1.807) is 6.20 Å². The first-order chi connectivity index (χ1) is 5.83. The number of aromatic nitrogens is 1. The third-order valence-corrected chi connectivity index (χ3v) is 1.54. The molecule has 64 valence electrons. The smallest absolute Gasteiger partial charge is 0.0629 e. The van der Waals surface area contributed by atoms with Crippen LogP contribution in [0.2, 0.25) is 0 Å². The van der Waals surface area contributed by atoms with Crippen LogP contribution >= 0.6 is 0 Å². The molecule has 0 atom stereocenters. The van der Waals surface area contributed by atoms with Crippen LogP contribution in [0.5, 0.6) is 0 Å². The van der Waals surface area contributed by atoms with Crippen molar-refractivity contribution >= 4 is 6.08 Å².